The number of carbonyl (C=O) groups is 1. The van der Waals surface area contributed by atoms with E-state index in [2.05, 4.69) is 21.2 Å². The van der Waals surface area contributed by atoms with Crippen LogP contribution in [0.2, 0.25) is 0 Å². The average molecular weight is 356 g/mol. The minimum absolute atomic E-state index is 0.0277. The zero-order valence-corrected chi connectivity index (χ0v) is 12.7. The monoisotopic (exact) mass is 355 g/mol. The Morgan fingerprint density at radius 1 is 1.24 bits per heavy atom. The molecule has 0 bridgehead atoms. The van der Waals surface area contributed by atoms with Crippen LogP contribution in [-0.2, 0) is 4.79 Å². The van der Waals surface area contributed by atoms with Crippen LogP contribution in [0.1, 0.15) is 6.92 Å². The number of benzene rings is 2. The van der Waals surface area contributed by atoms with Gasteiger partial charge in [-0.05, 0) is 43.3 Å². The molecule has 1 atom stereocenters. The summed E-state index contributed by atoms with van der Waals surface area (Å²) in [6.45, 7) is 1.48. The van der Waals surface area contributed by atoms with E-state index in [-0.39, 0.29) is 5.75 Å². The van der Waals surface area contributed by atoms with Crippen molar-refractivity contribution in [3.8, 4) is 5.75 Å². The number of anilines is 1. The SMILES string of the molecule is C[C@H](Oc1ccc(Br)cc1F)C(=O)Nc1cccc(F)c1. The molecule has 0 aliphatic rings. The van der Waals surface area contributed by atoms with E-state index in [1.807, 2.05) is 0 Å². The van der Waals surface area contributed by atoms with Crippen molar-refractivity contribution in [1.82, 2.24) is 0 Å². The lowest BCUT2D eigenvalue weighted by Gasteiger charge is -2.15. The molecule has 0 radical (unpaired) electrons. The Bertz CT molecular complexity index is 664. The van der Waals surface area contributed by atoms with Crippen LogP contribution < -0.4 is 10.1 Å². The zero-order chi connectivity index (χ0) is 15.4. The normalized spacial score (nSPS) is 11.8. The third-order valence-electron chi connectivity index (χ3n) is 2.66. The summed E-state index contributed by atoms with van der Waals surface area (Å²) in [6, 6.07) is 9.75. The highest BCUT2D eigenvalue weighted by atomic mass is 79.9. The van der Waals surface area contributed by atoms with Crippen molar-refractivity contribution in [2.75, 3.05) is 5.32 Å². The maximum absolute atomic E-state index is 13.6. The van der Waals surface area contributed by atoms with E-state index in [4.69, 9.17) is 4.74 Å². The van der Waals surface area contributed by atoms with E-state index in [1.165, 1.54) is 37.3 Å². The number of nitrogens with one attached hydrogen (secondary N) is 1. The van der Waals surface area contributed by atoms with Crippen molar-refractivity contribution in [1.29, 1.82) is 0 Å². The predicted molar refractivity (Wildman–Crippen MR) is 79.2 cm³/mol. The van der Waals surface area contributed by atoms with Crippen molar-refractivity contribution in [3.63, 3.8) is 0 Å². The Labute approximate surface area is 129 Å². The molecule has 2 rings (SSSR count). The molecule has 1 amide bonds. The summed E-state index contributed by atoms with van der Waals surface area (Å²) in [6.07, 6.45) is -0.927. The fourth-order valence-corrected chi connectivity index (χ4v) is 1.96. The van der Waals surface area contributed by atoms with Gasteiger partial charge in [-0.1, -0.05) is 22.0 Å². The topological polar surface area (TPSA) is 38.3 Å². The lowest BCUT2D eigenvalue weighted by atomic mass is 10.3. The summed E-state index contributed by atoms with van der Waals surface area (Å²) in [5, 5.41) is 2.50. The van der Waals surface area contributed by atoms with Gasteiger partial charge in [0.05, 0.1) is 0 Å². The molecule has 1 N–H and O–H groups in total. The Kier molecular flexibility index (Phi) is 4.90. The fraction of sp³-hybridized carbons (Fsp3) is 0.133. The van der Waals surface area contributed by atoms with Crippen LogP contribution in [0.25, 0.3) is 0 Å². The molecule has 0 unspecified atom stereocenters. The molecule has 0 aromatic heterocycles. The largest absolute Gasteiger partial charge is 0.478 e. The van der Waals surface area contributed by atoms with Crippen LogP contribution in [0.4, 0.5) is 14.5 Å². The van der Waals surface area contributed by atoms with Crippen LogP contribution in [0.15, 0.2) is 46.9 Å². The van der Waals surface area contributed by atoms with Gasteiger partial charge in [0.1, 0.15) is 5.82 Å². The van der Waals surface area contributed by atoms with Gasteiger partial charge in [0.15, 0.2) is 17.7 Å². The number of halogens is 3. The van der Waals surface area contributed by atoms with Crippen molar-refractivity contribution in [2.24, 2.45) is 0 Å². The van der Waals surface area contributed by atoms with E-state index in [0.29, 0.717) is 10.2 Å². The van der Waals surface area contributed by atoms with Crippen LogP contribution in [0.5, 0.6) is 5.75 Å². The van der Waals surface area contributed by atoms with E-state index in [9.17, 15) is 13.6 Å². The second-order valence-corrected chi connectivity index (χ2v) is 5.25. The molecule has 0 fully saturated rings. The number of hydrogen-bond donors (Lipinski definition) is 1. The maximum atomic E-state index is 13.6. The molecule has 0 aliphatic carbocycles. The first kappa shape index (κ1) is 15.4. The Morgan fingerprint density at radius 3 is 2.67 bits per heavy atom. The lowest BCUT2D eigenvalue weighted by molar-refractivity contribution is -0.122. The highest BCUT2D eigenvalue weighted by Crippen LogP contribution is 2.22. The summed E-state index contributed by atoms with van der Waals surface area (Å²) < 4.78 is 32.5. The van der Waals surface area contributed by atoms with Crippen LogP contribution >= 0.6 is 15.9 Å². The molecule has 110 valence electrons. The van der Waals surface area contributed by atoms with E-state index >= 15 is 0 Å². The number of rotatable bonds is 4. The third-order valence-corrected chi connectivity index (χ3v) is 3.15. The molecule has 0 saturated heterocycles. The van der Waals surface area contributed by atoms with Crippen molar-refractivity contribution in [2.45, 2.75) is 13.0 Å². The summed E-state index contributed by atoms with van der Waals surface area (Å²) in [4.78, 5) is 11.9. The summed E-state index contributed by atoms with van der Waals surface area (Å²) in [5.41, 5.74) is 0.312. The minimum Gasteiger partial charge on any atom is -0.478 e. The van der Waals surface area contributed by atoms with Gasteiger partial charge < -0.3 is 10.1 Å². The van der Waals surface area contributed by atoms with Gasteiger partial charge in [-0.3, -0.25) is 4.79 Å². The van der Waals surface area contributed by atoms with Crippen molar-refractivity contribution < 1.29 is 18.3 Å². The smallest absolute Gasteiger partial charge is 0.265 e. The number of carbonyl (C=O) groups excluding carboxylic acids is 1. The average Bonchev–Trinajstić information content (AvgIpc) is 2.41. The van der Waals surface area contributed by atoms with E-state index < -0.39 is 23.6 Å². The molecule has 0 heterocycles. The van der Waals surface area contributed by atoms with Crippen molar-refractivity contribution >= 4 is 27.5 Å². The molecule has 0 aliphatic heterocycles. The Hall–Kier alpha value is -1.95. The van der Waals surface area contributed by atoms with E-state index in [1.54, 1.807) is 12.1 Å². The molecule has 21 heavy (non-hydrogen) atoms. The second kappa shape index (κ2) is 6.67. The van der Waals surface area contributed by atoms with Gasteiger partial charge in [-0.2, -0.15) is 0 Å². The molecule has 3 nitrogen and oxygen atoms in total. The molecule has 0 spiro atoms. The highest BCUT2D eigenvalue weighted by molar-refractivity contribution is 9.10. The van der Waals surface area contributed by atoms with Crippen LogP contribution in [-0.4, -0.2) is 12.0 Å². The molecule has 2 aromatic carbocycles. The van der Waals surface area contributed by atoms with Gasteiger partial charge >= 0.3 is 0 Å². The molecule has 6 heteroatoms. The van der Waals surface area contributed by atoms with E-state index in [0.717, 1.165) is 0 Å². The van der Waals surface area contributed by atoms with Crippen LogP contribution in [0.3, 0.4) is 0 Å². The van der Waals surface area contributed by atoms with Crippen molar-refractivity contribution in [3.05, 3.63) is 58.6 Å². The minimum atomic E-state index is -0.927. The maximum Gasteiger partial charge on any atom is 0.265 e. The first-order valence-electron chi connectivity index (χ1n) is 6.14. The first-order valence-corrected chi connectivity index (χ1v) is 6.93. The lowest BCUT2D eigenvalue weighted by Crippen LogP contribution is -2.30. The molecular weight excluding hydrogens is 344 g/mol. The Morgan fingerprint density at radius 2 is 2.00 bits per heavy atom. The number of amides is 1. The van der Waals surface area contributed by atoms with Gasteiger partial charge in [-0.25, -0.2) is 8.78 Å². The molecular formula is C15H12BrF2NO2. The van der Waals surface area contributed by atoms with Gasteiger partial charge in [-0.15, -0.1) is 0 Å². The van der Waals surface area contributed by atoms with Gasteiger partial charge in [0, 0.05) is 10.2 Å². The van der Waals surface area contributed by atoms with Crippen LogP contribution in [0, 0.1) is 11.6 Å². The summed E-state index contributed by atoms with van der Waals surface area (Å²) in [5.74, 6) is -1.56. The van der Waals surface area contributed by atoms with Gasteiger partial charge in [0.25, 0.3) is 5.91 Å². The molecule has 0 saturated carbocycles. The van der Waals surface area contributed by atoms with Gasteiger partial charge in [0.2, 0.25) is 0 Å². The quantitative estimate of drug-likeness (QED) is 0.895. The fourth-order valence-electron chi connectivity index (χ4n) is 1.62. The number of hydrogen-bond acceptors (Lipinski definition) is 2. The number of ether oxygens (including phenoxy) is 1. The summed E-state index contributed by atoms with van der Waals surface area (Å²) >= 11 is 3.13. The molecule has 2 aromatic rings. The predicted octanol–water partition coefficient (Wildman–Crippen LogP) is 4.13. The zero-order valence-electron chi connectivity index (χ0n) is 11.1. The second-order valence-electron chi connectivity index (χ2n) is 4.33. The standard InChI is InChI=1S/C15H12BrF2NO2/c1-9(21-14-6-5-10(16)7-13(14)18)15(20)19-12-4-2-3-11(17)8-12/h2-9H,1H3,(H,19,20)/t9-/m0/s1. The first-order chi connectivity index (χ1) is 9.95. The highest BCUT2D eigenvalue weighted by Gasteiger charge is 2.17. The Balaban J connectivity index is 2.02. The summed E-state index contributed by atoms with van der Waals surface area (Å²) in [7, 11) is 0. The third kappa shape index (κ3) is 4.26.